The summed E-state index contributed by atoms with van der Waals surface area (Å²) in [5, 5.41) is 0.0316. The second kappa shape index (κ2) is 3.15. The molecule has 0 atom stereocenters. The van der Waals surface area contributed by atoms with Gasteiger partial charge in [-0.2, -0.15) is 0 Å². The van der Waals surface area contributed by atoms with Crippen LogP contribution in [0.3, 0.4) is 0 Å². The van der Waals surface area contributed by atoms with Gasteiger partial charge in [0, 0.05) is 12.0 Å². The Morgan fingerprint density at radius 2 is 1.89 bits per heavy atom. The molecular weight excluding hydrogens is 108 g/mol. The maximum Gasteiger partial charge on any atom is 0.114 e. The lowest BCUT2D eigenvalue weighted by atomic mass is 9.56. The van der Waals surface area contributed by atoms with Gasteiger partial charge in [0.2, 0.25) is 0 Å². The zero-order valence-electron chi connectivity index (χ0n) is 6.08. The van der Waals surface area contributed by atoms with Crippen LogP contribution in [0.15, 0.2) is 0 Å². The smallest absolute Gasteiger partial charge is 0.114 e. The topological polar surface area (TPSA) is 26.0 Å². The molecule has 0 radical (unpaired) electrons. The van der Waals surface area contributed by atoms with Crippen LogP contribution in [0, 0.1) is 23.8 Å². The predicted molar refractivity (Wildman–Crippen MR) is 45.2 cm³/mol. The van der Waals surface area contributed by atoms with Crippen LogP contribution in [-0.2, 0) is 0 Å². The summed E-state index contributed by atoms with van der Waals surface area (Å²) in [6, 6.07) is 2.22. The molecule has 0 spiro atoms. The third kappa shape index (κ3) is 7.05. The van der Waals surface area contributed by atoms with Gasteiger partial charge in [0.25, 0.3) is 0 Å². The van der Waals surface area contributed by atoms with E-state index in [1.54, 1.807) is 0 Å². The molecule has 1 nitrogen and oxygen atoms in total. The second-order valence-corrected chi connectivity index (χ2v) is 2.77. The highest BCUT2D eigenvalue weighted by atomic mass is 14.4. The summed E-state index contributed by atoms with van der Waals surface area (Å²) >= 11 is 0. The van der Waals surface area contributed by atoms with Crippen molar-refractivity contribution >= 4 is 15.7 Å². The summed E-state index contributed by atoms with van der Waals surface area (Å²) in [5.41, 5.74) is 4.89. The molecule has 0 amide bonds. The van der Waals surface area contributed by atoms with Gasteiger partial charge >= 0.3 is 0 Å². The van der Waals surface area contributed by atoms with Crippen molar-refractivity contribution in [1.82, 2.24) is 0 Å². The van der Waals surface area contributed by atoms with E-state index < -0.39 is 0 Å². The summed E-state index contributed by atoms with van der Waals surface area (Å²) in [5.74, 6) is 8.03. The minimum absolute atomic E-state index is 0.0316. The number of rotatable bonds is 0. The summed E-state index contributed by atoms with van der Waals surface area (Å²) in [4.78, 5) is 0. The minimum Gasteiger partial charge on any atom is -0.359 e. The van der Waals surface area contributed by atoms with Crippen molar-refractivity contribution in [2.45, 2.75) is 12.1 Å². The first-order valence-corrected chi connectivity index (χ1v) is 2.79. The lowest BCUT2D eigenvalue weighted by Crippen LogP contribution is -2.02. The highest BCUT2D eigenvalue weighted by Gasteiger charge is 2.03. The van der Waals surface area contributed by atoms with Gasteiger partial charge in [0.1, 0.15) is 15.7 Å². The van der Waals surface area contributed by atoms with Crippen LogP contribution < -0.4 is 5.73 Å². The standard InChI is InChI=1S/C6H9B2N/c1-6(7,8)4-2-3-5-9/h7-9H2,1H3. The Labute approximate surface area is 58.2 Å². The van der Waals surface area contributed by atoms with Crippen molar-refractivity contribution in [3.63, 3.8) is 0 Å². The highest BCUT2D eigenvalue weighted by molar-refractivity contribution is 6.41. The van der Waals surface area contributed by atoms with E-state index in [2.05, 4.69) is 23.8 Å². The van der Waals surface area contributed by atoms with Crippen LogP contribution in [0.1, 0.15) is 6.92 Å². The normalized spacial score (nSPS) is 8.11. The average Bonchev–Trinajstić information content (AvgIpc) is 1.63. The van der Waals surface area contributed by atoms with Crippen molar-refractivity contribution in [2.24, 2.45) is 5.73 Å². The van der Waals surface area contributed by atoms with Crippen molar-refractivity contribution in [3.8, 4) is 23.8 Å². The lowest BCUT2D eigenvalue weighted by molar-refractivity contribution is 1.14. The fourth-order valence-electron chi connectivity index (χ4n) is 0.255. The van der Waals surface area contributed by atoms with Gasteiger partial charge in [0.05, 0.1) is 0 Å². The molecule has 0 aliphatic carbocycles. The van der Waals surface area contributed by atoms with E-state index in [4.69, 9.17) is 5.73 Å². The molecule has 0 fully saturated rings. The van der Waals surface area contributed by atoms with Gasteiger partial charge < -0.3 is 5.73 Å². The first-order chi connectivity index (χ1) is 4.06. The average molecular weight is 117 g/mol. The van der Waals surface area contributed by atoms with E-state index in [9.17, 15) is 0 Å². The molecule has 0 rings (SSSR count). The van der Waals surface area contributed by atoms with Crippen molar-refractivity contribution < 1.29 is 0 Å². The zero-order valence-corrected chi connectivity index (χ0v) is 6.08. The largest absolute Gasteiger partial charge is 0.359 e. The fraction of sp³-hybridized carbons (Fsp3) is 0.333. The Morgan fingerprint density at radius 3 is 2.22 bits per heavy atom. The summed E-state index contributed by atoms with van der Waals surface area (Å²) in [7, 11) is 4.05. The van der Waals surface area contributed by atoms with Gasteiger partial charge in [-0.3, -0.25) is 0 Å². The predicted octanol–water partition coefficient (Wildman–Crippen LogP) is -1.69. The fourth-order valence-corrected chi connectivity index (χ4v) is 0.255. The van der Waals surface area contributed by atoms with Crippen LogP contribution in [0.5, 0.6) is 0 Å². The van der Waals surface area contributed by atoms with Crippen LogP contribution in [0.4, 0.5) is 0 Å². The molecule has 0 aliphatic rings. The quantitative estimate of drug-likeness (QED) is 0.228. The lowest BCUT2D eigenvalue weighted by Gasteiger charge is -2.04. The molecular formula is C6H9B2N. The summed E-state index contributed by atoms with van der Waals surface area (Å²) in [6.45, 7) is 2.03. The minimum atomic E-state index is 0.0316. The number of hydrogen-bond donors (Lipinski definition) is 1. The first kappa shape index (κ1) is 8.05. The SMILES string of the molecule is BC(B)(C)C#CC#CN. The highest BCUT2D eigenvalue weighted by Crippen LogP contribution is 2.08. The molecule has 0 aromatic carbocycles. The summed E-state index contributed by atoms with van der Waals surface area (Å²) < 4.78 is 0. The molecule has 0 aliphatic heterocycles. The van der Waals surface area contributed by atoms with Crippen molar-refractivity contribution in [1.29, 1.82) is 0 Å². The van der Waals surface area contributed by atoms with E-state index in [-0.39, 0.29) is 5.21 Å². The van der Waals surface area contributed by atoms with Crippen LogP contribution >= 0.6 is 0 Å². The molecule has 0 saturated carbocycles. The van der Waals surface area contributed by atoms with Crippen LogP contribution in [0.25, 0.3) is 0 Å². The van der Waals surface area contributed by atoms with Gasteiger partial charge in [-0.25, -0.2) is 0 Å². The van der Waals surface area contributed by atoms with E-state index in [0.717, 1.165) is 0 Å². The third-order valence-corrected chi connectivity index (χ3v) is 0.572. The van der Waals surface area contributed by atoms with Crippen molar-refractivity contribution in [3.05, 3.63) is 0 Å². The molecule has 0 bridgehead atoms. The zero-order chi connectivity index (χ0) is 7.33. The van der Waals surface area contributed by atoms with Gasteiger partial charge in [-0.15, -0.1) is 5.92 Å². The van der Waals surface area contributed by atoms with Crippen LogP contribution in [0.2, 0.25) is 5.21 Å². The second-order valence-electron chi connectivity index (χ2n) is 2.77. The summed E-state index contributed by atoms with van der Waals surface area (Å²) in [6.07, 6.45) is 0. The molecule has 3 heteroatoms. The Hall–Kier alpha value is -0.950. The molecule has 0 heterocycles. The Morgan fingerprint density at radius 1 is 1.33 bits per heavy atom. The molecule has 44 valence electrons. The van der Waals surface area contributed by atoms with Gasteiger partial charge in [-0.1, -0.05) is 6.92 Å². The monoisotopic (exact) mass is 117 g/mol. The van der Waals surface area contributed by atoms with Gasteiger partial charge in [-0.05, 0) is 11.1 Å². The molecule has 0 aromatic rings. The van der Waals surface area contributed by atoms with Crippen molar-refractivity contribution in [2.75, 3.05) is 0 Å². The molecule has 2 N–H and O–H groups in total. The van der Waals surface area contributed by atoms with E-state index in [1.807, 2.05) is 22.6 Å². The van der Waals surface area contributed by atoms with E-state index in [0.29, 0.717) is 0 Å². The molecule has 0 saturated heterocycles. The van der Waals surface area contributed by atoms with E-state index >= 15 is 0 Å². The van der Waals surface area contributed by atoms with E-state index in [1.165, 1.54) is 0 Å². The Bertz CT molecular complexity index is 193. The van der Waals surface area contributed by atoms with Crippen LogP contribution in [-0.4, -0.2) is 15.7 Å². The Balaban J connectivity index is 3.99. The molecule has 0 unspecified atom stereocenters. The number of hydrogen-bond acceptors (Lipinski definition) is 1. The van der Waals surface area contributed by atoms with Gasteiger partial charge in [0.15, 0.2) is 0 Å². The number of nitrogens with two attached hydrogens (primary N) is 1. The molecule has 9 heavy (non-hydrogen) atoms. The maximum absolute atomic E-state index is 4.89. The third-order valence-electron chi connectivity index (χ3n) is 0.572. The first-order valence-electron chi connectivity index (χ1n) is 2.79. The Kier molecular flexibility index (Phi) is 2.82. The maximum atomic E-state index is 4.89. The molecule has 0 aromatic heterocycles.